The molecule has 0 unspecified atom stereocenters. The number of nitrogens with zero attached hydrogens (tertiary/aromatic N) is 1. The van der Waals surface area contributed by atoms with Gasteiger partial charge in [-0.3, -0.25) is 0 Å². The topological polar surface area (TPSA) is 67.8 Å². The summed E-state index contributed by atoms with van der Waals surface area (Å²) >= 11 is 1.31. The maximum absolute atomic E-state index is 13.2. The predicted octanol–water partition coefficient (Wildman–Crippen LogP) is 3.08. The molecule has 0 bridgehead atoms. The zero-order valence-corrected chi connectivity index (χ0v) is 11.5. The van der Waals surface area contributed by atoms with Crippen LogP contribution in [0.5, 0.6) is 5.75 Å². The third-order valence-electron chi connectivity index (χ3n) is 2.60. The van der Waals surface area contributed by atoms with Gasteiger partial charge in [-0.15, -0.1) is 0 Å². The Hall–Kier alpha value is -2.21. The van der Waals surface area contributed by atoms with Crippen LogP contribution in [-0.2, 0) is 0 Å². The summed E-state index contributed by atoms with van der Waals surface area (Å²) in [6, 6.07) is 11.4. The second-order valence-corrected chi connectivity index (χ2v) is 5.02. The highest BCUT2D eigenvalue weighted by atomic mass is 32.2. The summed E-state index contributed by atoms with van der Waals surface area (Å²) < 4.78 is 18.4. The maximum atomic E-state index is 13.2. The quantitative estimate of drug-likeness (QED) is 0.393. The highest BCUT2D eigenvalue weighted by Gasteiger charge is 2.10. The molecule has 104 valence electrons. The van der Waals surface area contributed by atoms with E-state index in [-0.39, 0.29) is 11.7 Å². The van der Waals surface area contributed by atoms with Gasteiger partial charge in [0.15, 0.2) is 5.84 Å². The molecule has 0 amide bonds. The van der Waals surface area contributed by atoms with Crippen molar-refractivity contribution in [3.05, 3.63) is 53.8 Å². The molecule has 3 N–H and O–H groups in total. The molecular formula is C14H13FN2O2S. The number of ether oxygens (including phenoxy) is 1. The molecule has 0 radical (unpaired) electrons. The van der Waals surface area contributed by atoms with Crippen LogP contribution in [0.1, 0.15) is 5.56 Å². The molecule has 0 saturated carbocycles. The van der Waals surface area contributed by atoms with Crippen molar-refractivity contribution in [2.24, 2.45) is 10.9 Å². The highest BCUT2D eigenvalue weighted by Crippen LogP contribution is 2.33. The van der Waals surface area contributed by atoms with Gasteiger partial charge in [-0.25, -0.2) is 4.39 Å². The molecule has 2 rings (SSSR count). The zero-order chi connectivity index (χ0) is 14.5. The molecule has 0 heterocycles. The third-order valence-corrected chi connectivity index (χ3v) is 3.64. The molecule has 0 spiro atoms. The Labute approximate surface area is 120 Å². The predicted molar refractivity (Wildman–Crippen MR) is 76.0 cm³/mol. The van der Waals surface area contributed by atoms with E-state index >= 15 is 0 Å². The van der Waals surface area contributed by atoms with E-state index < -0.39 is 0 Å². The first kappa shape index (κ1) is 14.2. The number of methoxy groups -OCH3 is 1. The summed E-state index contributed by atoms with van der Waals surface area (Å²) in [6.07, 6.45) is 0. The molecule has 6 heteroatoms. The van der Waals surface area contributed by atoms with E-state index in [1.807, 2.05) is 0 Å². The molecule has 0 aliphatic heterocycles. The van der Waals surface area contributed by atoms with Gasteiger partial charge in [0, 0.05) is 15.4 Å². The van der Waals surface area contributed by atoms with Gasteiger partial charge in [-0.05, 0) is 36.4 Å². The number of amidine groups is 1. The molecule has 20 heavy (non-hydrogen) atoms. The van der Waals surface area contributed by atoms with E-state index in [4.69, 9.17) is 15.7 Å². The lowest BCUT2D eigenvalue weighted by atomic mass is 10.2. The smallest absolute Gasteiger partial charge is 0.171 e. The maximum Gasteiger partial charge on any atom is 0.171 e. The molecule has 0 fully saturated rings. The van der Waals surface area contributed by atoms with Crippen molar-refractivity contribution in [3.8, 4) is 5.75 Å². The van der Waals surface area contributed by atoms with Crippen LogP contribution in [0.4, 0.5) is 4.39 Å². The van der Waals surface area contributed by atoms with Crippen LogP contribution in [0.2, 0.25) is 0 Å². The van der Waals surface area contributed by atoms with Gasteiger partial charge >= 0.3 is 0 Å². The van der Waals surface area contributed by atoms with E-state index in [2.05, 4.69) is 5.16 Å². The normalized spacial score (nSPS) is 11.4. The summed E-state index contributed by atoms with van der Waals surface area (Å²) in [6.45, 7) is 0. The summed E-state index contributed by atoms with van der Waals surface area (Å²) in [5.74, 6) is 0.313. The van der Waals surface area contributed by atoms with Gasteiger partial charge in [-0.2, -0.15) is 0 Å². The number of oxime groups is 1. The highest BCUT2D eigenvalue weighted by molar-refractivity contribution is 7.99. The lowest BCUT2D eigenvalue weighted by Crippen LogP contribution is -2.14. The minimum atomic E-state index is -0.316. The Balaban J connectivity index is 2.42. The third kappa shape index (κ3) is 3.21. The standard InChI is InChI=1S/C14H13FN2O2S/c1-19-10-5-6-12(14(16)17-18)13(8-10)20-11-4-2-3-9(15)7-11/h2-8,18H,1H3,(H2,16,17). The SMILES string of the molecule is COc1ccc(/C(N)=N/O)c(Sc2cccc(F)c2)c1. The minimum Gasteiger partial charge on any atom is -0.497 e. The van der Waals surface area contributed by atoms with Crippen LogP contribution in [0.3, 0.4) is 0 Å². The first-order valence-electron chi connectivity index (χ1n) is 5.73. The molecule has 2 aromatic rings. The Morgan fingerprint density at radius 1 is 1.30 bits per heavy atom. The fourth-order valence-electron chi connectivity index (χ4n) is 1.64. The number of hydrogen-bond donors (Lipinski definition) is 2. The number of rotatable bonds is 4. The molecule has 0 aliphatic carbocycles. The summed E-state index contributed by atoms with van der Waals surface area (Å²) in [5.41, 5.74) is 6.20. The van der Waals surface area contributed by atoms with Crippen molar-refractivity contribution >= 4 is 17.6 Å². The molecule has 0 aromatic heterocycles. The fraction of sp³-hybridized carbons (Fsp3) is 0.0714. The first-order chi connectivity index (χ1) is 9.63. The van der Waals surface area contributed by atoms with Crippen LogP contribution < -0.4 is 10.5 Å². The Morgan fingerprint density at radius 2 is 2.10 bits per heavy atom. The fourth-order valence-corrected chi connectivity index (χ4v) is 2.67. The number of halogens is 1. The van der Waals surface area contributed by atoms with E-state index in [0.717, 1.165) is 0 Å². The van der Waals surface area contributed by atoms with Gasteiger partial charge in [0.1, 0.15) is 11.6 Å². The van der Waals surface area contributed by atoms with E-state index in [0.29, 0.717) is 21.1 Å². The van der Waals surface area contributed by atoms with Crippen molar-refractivity contribution in [1.29, 1.82) is 0 Å². The second-order valence-electron chi connectivity index (χ2n) is 3.91. The van der Waals surface area contributed by atoms with E-state index in [1.54, 1.807) is 37.4 Å². The minimum absolute atomic E-state index is 0.00782. The zero-order valence-electron chi connectivity index (χ0n) is 10.7. The lowest BCUT2D eigenvalue weighted by Gasteiger charge is -2.10. The number of benzene rings is 2. The van der Waals surface area contributed by atoms with Gasteiger partial charge < -0.3 is 15.7 Å². The average Bonchev–Trinajstić information content (AvgIpc) is 2.46. The molecule has 0 aliphatic rings. The summed E-state index contributed by atoms with van der Waals surface area (Å²) in [4.78, 5) is 1.43. The lowest BCUT2D eigenvalue weighted by molar-refractivity contribution is 0.318. The van der Waals surface area contributed by atoms with Crippen molar-refractivity contribution in [3.63, 3.8) is 0 Å². The van der Waals surface area contributed by atoms with Crippen molar-refractivity contribution < 1.29 is 14.3 Å². The molecule has 0 saturated heterocycles. The summed E-state index contributed by atoms with van der Waals surface area (Å²) in [7, 11) is 1.55. The molecule has 4 nitrogen and oxygen atoms in total. The van der Waals surface area contributed by atoms with Crippen LogP contribution in [0, 0.1) is 5.82 Å². The van der Waals surface area contributed by atoms with Gasteiger partial charge in [0.25, 0.3) is 0 Å². The Kier molecular flexibility index (Phi) is 4.47. The van der Waals surface area contributed by atoms with Gasteiger partial charge in [-0.1, -0.05) is 23.0 Å². The number of nitrogens with two attached hydrogens (primary N) is 1. The second kappa shape index (κ2) is 6.29. The Morgan fingerprint density at radius 3 is 2.75 bits per heavy atom. The molecule has 0 atom stereocenters. The monoisotopic (exact) mass is 292 g/mol. The first-order valence-corrected chi connectivity index (χ1v) is 6.55. The average molecular weight is 292 g/mol. The Bertz CT molecular complexity index is 647. The summed E-state index contributed by atoms with van der Waals surface area (Å²) in [5, 5.41) is 11.8. The largest absolute Gasteiger partial charge is 0.497 e. The van der Waals surface area contributed by atoms with Crippen LogP contribution >= 0.6 is 11.8 Å². The molecule has 2 aromatic carbocycles. The van der Waals surface area contributed by atoms with Crippen molar-refractivity contribution in [1.82, 2.24) is 0 Å². The van der Waals surface area contributed by atoms with Gasteiger partial charge in [0.05, 0.1) is 7.11 Å². The van der Waals surface area contributed by atoms with Crippen LogP contribution in [0.25, 0.3) is 0 Å². The molecular weight excluding hydrogens is 279 g/mol. The van der Waals surface area contributed by atoms with Crippen LogP contribution in [-0.4, -0.2) is 18.2 Å². The van der Waals surface area contributed by atoms with Crippen molar-refractivity contribution in [2.45, 2.75) is 9.79 Å². The number of hydrogen-bond acceptors (Lipinski definition) is 4. The van der Waals surface area contributed by atoms with E-state index in [9.17, 15) is 4.39 Å². The van der Waals surface area contributed by atoms with Crippen molar-refractivity contribution in [2.75, 3.05) is 7.11 Å². The van der Waals surface area contributed by atoms with Gasteiger partial charge in [0.2, 0.25) is 0 Å². The van der Waals surface area contributed by atoms with Crippen LogP contribution in [0.15, 0.2) is 57.4 Å². The van der Waals surface area contributed by atoms with E-state index in [1.165, 1.54) is 23.9 Å².